The molecule has 2 amide bonds. The summed E-state index contributed by atoms with van der Waals surface area (Å²) in [4.78, 5) is 39.1. The Balaban J connectivity index is 1.27. The number of carbonyl (C=O) groups excluding carboxylic acids is 2. The summed E-state index contributed by atoms with van der Waals surface area (Å²) in [7, 11) is 0. The Morgan fingerprint density at radius 1 is 1.06 bits per heavy atom. The molecule has 1 atom stereocenters. The number of nitrogens with zero attached hydrogens (tertiary/aromatic N) is 1. The van der Waals surface area contributed by atoms with E-state index >= 15 is 0 Å². The molecule has 1 aliphatic rings. The van der Waals surface area contributed by atoms with Crippen LogP contribution >= 0.6 is 11.3 Å². The third-order valence-corrected chi connectivity index (χ3v) is 6.28. The summed E-state index contributed by atoms with van der Waals surface area (Å²) in [6, 6.07) is 16.1. The van der Waals surface area contributed by atoms with Crippen LogP contribution in [0.15, 0.2) is 53.9 Å². The largest absolute Gasteiger partial charge is 0.479 e. The summed E-state index contributed by atoms with van der Waals surface area (Å²) in [5.41, 5.74) is 4.99. The number of benzene rings is 2. The molecule has 0 saturated carbocycles. The molecule has 34 heavy (non-hydrogen) atoms. The predicted molar refractivity (Wildman–Crippen MR) is 126 cm³/mol. The van der Waals surface area contributed by atoms with Crippen LogP contribution in [0, 0.1) is 0 Å². The Labute approximate surface area is 199 Å². The quantitative estimate of drug-likeness (QED) is 0.369. The summed E-state index contributed by atoms with van der Waals surface area (Å²) in [6.07, 6.45) is -2.28. The highest BCUT2D eigenvalue weighted by molar-refractivity contribution is 7.13. The molecule has 1 aliphatic carbocycles. The summed E-state index contributed by atoms with van der Waals surface area (Å²) in [5.74, 6) is -1.75. The second-order valence-electron chi connectivity index (χ2n) is 7.76. The highest BCUT2D eigenvalue weighted by Crippen LogP contribution is 2.44. The molecule has 2 aromatic carbocycles. The van der Waals surface area contributed by atoms with E-state index in [4.69, 9.17) is 9.84 Å². The third kappa shape index (κ3) is 5.41. The number of aliphatic hydroxyl groups excluding tert-OH is 1. The van der Waals surface area contributed by atoms with E-state index in [0.29, 0.717) is 10.8 Å². The van der Waals surface area contributed by atoms with Gasteiger partial charge in [-0.15, -0.1) is 11.3 Å². The molecule has 4 N–H and O–H groups in total. The number of hydrogen-bond acceptors (Lipinski definition) is 7. The minimum atomic E-state index is -1.52. The normalized spacial score (nSPS) is 13.0. The lowest BCUT2D eigenvalue weighted by molar-refractivity contribution is -0.147. The number of ether oxygens (including phenoxy) is 1. The molecule has 0 fully saturated rings. The molecular formula is C24H23N3O6S. The van der Waals surface area contributed by atoms with Gasteiger partial charge in [-0.1, -0.05) is 48.5 Å². The van der Waals surface area contributed by atoms with Crippen molar-refractivity contribution in [3.63, 3.8) is 0 Å². The van der Waals surface area contributed by atoms with Crippen molar-refractivity contribution in [1.29, 1.82) is 0 Å². The van der Waals surface area contributed by atoms with Gasteiger partial charge in [-0.2, -0.15) is 0 Å². The number of aliphatic carboxylic acids is 1. The fourth-order valence-corrected chi connectivity index (χ4v) is 4.56. The maximum atomic E-state index is 12.4. The minimum Gasteiger partial charge on any atom is -0.479 e. The van der Waals surface area contributed by atoms with Crippen molar-refractivity contribution in [2.45, 2.75) is 24.9 Å². The van der Waals surface area contributed by atoms with Crippen LogP contribution in [0.2, 0.25) is 0 Å². The molecule has 0 spiro atoms. The van der Waals surface area contributed by atoms with Gasteiger partial charge in [0.15, 0.2) is 11.2 Å². The molecule has 0 saturated heterocycles. The van der Waals surface area contributed by atoms with E-state index in [1.54, 1.807) is 5.38 Å². The first-order valence-electron chi connectivity index (χ1n) is 10.7. The number of amides is 2. The lowest BCUT2D eigenvalue weighted by atomic mass is 9.98. The summed E-state index contributed by atoms with van der Waals surface area (Å²) < 4.78 is 5.49. The van der Waals surface area contributed by atoms with E-state index in [1.807, 2.05) is 36.4 Å². The monoisotopic (exact) mass is 481 g/mol. The molecule has 4 rings (SSSR count). The lowest BCUT2D eigenvalue weighted by Crippen LogP contribution is -2.31. The number of hydrogen-bond donors (Lipinski definition) is 4. The highest BCUT2D eigenvalue weighted by atomic mass is 32.1. The second kappa shape index (κ2) is 10.4. The van der Waals surface area contributed by atoms with E-state index in [9.17, 15) is 19.5 Å². The lowest BCUT2D eigenvalue weighted by Gasteiger charge is -2.14. The first-order chi connectivity index (χ1) is 16.4. The van der Waals surface area contributed by atoms with E-state index in [2.05, 4.69) is 27.8 Å². The number of carboxylic acids is 1. The van der Waals surface area contributed by atoms with E-state index in [1.165, 1.54) is 11.3 Å². The maximum Gasteiger partial charge on any atom is 0.413 e. The summed E-state index contributed by atoms with van der Waals surface area (Å²) in [6.45, 7) is 0.212. The van der Waals surface area contributed by atoms with E-state index < -0.39 is 18.2 Å². The van der Waals surface area contributed by atoms with Gasteiger partial charge < -0.3 is 20.3 Å². The molecule has 176 valence electrons. The second-order valence-corrected chi connectivity index (χ2v) is 8.62. The Bertz CT molecular complexity index is 1170. The number of aromatic nitrogens is 1. The SMILES string of the molecule is O=C(Cc1csc(NC(=O)OCC2c3ccccc3-c3ccccc32)n1)NCCC(O)C(=O)O. The molecule has 3 aromatic rings. The maximum absolute atomic E-state index is 12.4. The Morgan fingerprint density at radius 2 is 1.71 bits per heavy atom. The van der Waals surface area contributed by atoms with Gasteiger partial charge in [0.1, 0.15) is 6.61 Å². The van der Waals surface area contributed by atoms with Crippen LogP contribution in [0.5, 0.6) is 0 Å². The van der Waals surface area contributed by atoms with Crippen LogP contribution in [-0.2, 0) is 20.7 Å². The minimum absolute atomic E-state index is 0.0291. The van der Waals surface area contributed by atoms with Gasteiger partial charge >= 0.3 is 12.1 Å². The van der Waals surface area contributed by atoms with Crippen LogP contribution in [0.4, 0.5) is 9.93 Å². The first-order valence-corrected chi connectivity index (χ1v) is 11.5. The fraction of sp³-hybridized carbons (Fsp3) is 0.250. The van der Waals surface area contributed by atoms with Crippen LogP contribution in [0.1, 0.15) is 29.2 Å². The molecule has 0 radical (unpaired) electrons. The number of thiazole rings is 1. The number of anilines is 1. The van der Waals surface area contributed by atoms with Gasteiger partial charge in [0.05, 0.1) is 12.1 Å². The van der Waals surface area contributed by atoms with Crippen molar-refractivity contribution < 1.29 is 29.3 Å². The molecule has 0 aliphatic heterocycles. The first kappa shape index (κ1) is 23.4. The van der Waals surface area contributed by atoms with Crippen molar-refractivity contribution in [2.24, 2.45) is 0 Å². The van der Waals surface area contributed by atoms with Gasteiger partial charge in [-0.3, -0.25) is 10.1 Å². The average molecular weight is 482 g/mol. The highest BCUT2D eigenvalue weighted by Gasteiger charge is 2.29. The summed E-state index contributed by atoms with van der Waals surface area (Å²) in [5, 5.41) is 24.9. The molecule has 1 aromatic heterocycles. The Morgan fingerprint density at radius 3 is 2.35 bits per heavy atom. The van der Waals surface area contributed by atoms with Crippen molar-refractivity contribution in [2.75, 3.05) is 18.5 Å². The van der Waals surface area contributed by atoms with Gasteiger partial charge in [-0.25, -0.2) is 14.6 Å². The number of fused-ring (bicyclic) bond motifs is 3. The summed E-state index contributed by atoms with van der Waals surface area (Å²) >= 11 is 1.17. The van der Waals surface area contributed by atoms with Crippen LogP contribution < -0.4 is 10.6 Å². The Hall–Kier alpha value is -3.76. The number of rotatable bonds is 9. The standard InChI is InChI=1S/C24H23N3O6S/c28-20(22(30)31)9-10-25-21(29)11-14-13-34-23(26-14)27-24(32)33-12-19-17-7-3-1-5-15(17)16-6-2-4-8-18(16)19/h1-8,13,19-20,28H,9-12H2,(H,25,29)(H,30,31)(H,26,27,32). The van der Waals surface area contributed by atoms with E-state index in [-0.39, 0.29) is 37.8 Å². The third-order valence-electron chi connectivity index (χ3n) is 5.47. The zero-order valence-corrected chi connectivity index (χ0v) is 18.9. The Kier molecular flexibility index (Phi) is 7.19. The van der Waals surface area contributed by atoms with Gasteiger partial charge in [0.2, 0.25) is 5.91 Å². The van der Waals surface area contributed by atoms with Crippen molar-refractivity contribution >= 4 is 34.4 Å². The van der Waals surface area contributed by atoms with Crippen LogP contribution in [0.3, 0.4) is 0 Å². The topological polar surface area (TPSA) is 138 Å². The van der Waals surface area contributed by atoms with Gasteiger partial charge in [0.25, 0.3) is 0 Å². The van der Waals surface area contributed by atoms with E-state index in [0.717, 1.165) is 22.3 Å². The zero-order chi connectivity index (χ0) is 24.1. The average Bonchev–Trinajstić information content (AvgIpc) is 3.39. The van der Waals surface area contributed by atoms with Gasteiger partial charge in [-0.05, 0) is 22.3 Å². The van der Waals surface area contributed by atoms with Crippen LogP contribution in [0.25, 0.3) is 11.1 Å². The molecule has 10 heteroatoms. The number of carbonyl (C=O) groups is 3. The van der Waals surface area contributed by atoms with Crippen molar-refractivity contribution in [1.82, 2.24) is 10.3 Å². The molecule has 9 nitrogen and oxygen atoms in total. The number of carboxylic acid groups (broad SMARTS) is 1. The smallest absolute Gasteiger partial charge is 0.413 e. The number of nitrogens with one attached hydrogen (secondary N) is 2. The predicted octanol–water partition coefficient (Wildman–Crippen LogP) is 3.00. The van der Waals surface area contributed by atoms with Crippen molar-refractivity contribution in [3.8, 4) is 11.1 Å². The molecule has 1 unspecified atom stereocenters. The van der Waals surface area contributed by atoms with Gasteiger partial charge in [0, 0.05) is 24.3 Å². The zero-order valence-electron chi connectivity index (χ0n) is 18.1. The molecule has 0 bridgehead atoms. The van der Waals surface area contributed by atoms with Crippen LogP contribution in [-0.4, -0.2) is 52.4 Å². The number of aliphatic hydroxyl groups is 1. The fourth-order valence-electron chi connectivity index (χ4n) is 3.87. The molecular weight excluding hydrogens is 458 g/mol. The molecule has 1 heterocycles. The van der Waals surface area contributed by atoms with Crippen molar-refractivity contribution in [3.05, 3.63) is 70.7 Å².